The fourth-order valence-electron chi connectivity index (χ4n) is 7.84. The lowest BCUT2D eigenvalue weighted by Gasteiger charge is -2.50. The molecule has 3 aliphatic rings. The molecule has 2 fully saturated rings. The van der Waals surface area contributed by atoms with Gasteiger partial charge >= 0.3 is 35.8 Å². The molecule has 350 valence electrons. The molecule has 4 aromatic rings. The van der Waals surface area contributed by atoms with Crippen LogP contribution in [0.25, 0.3) is 0 Å². The Morgan fingerprint density at radius 3 is 1.51 bits per heavy atom. The van der Waals surface area contributed by atoms with Crippen molar-refractivity contribution in [2.24, 2.45) is 0 Å². The van der Waals surface area contributed by atoms with Gasteiger partial charge in [-0.15, -0.1) is 0 Å². The molecule has 19 heteroatoms. The first-order chi connectivity index (χ1) is 32.2. The minimum absolute atomic E-state index is 0.0305. The fourth-order valence-corrected chi connectivity index (χ4v) is 8.96. The van der Waals surface area contributed by atoms with E-state index in [4.69, 9.17) is 42.6 Å². The van der Waals surface area contributed by atoms with Crippen molar-refractivity contribution in [1.82, 2.24) is 4.90 Å². The first kappa shape index (κ1) is 48.0. The van der Waals surface area contributed by atoms with Gasteiger partial charge in [0.05, 0.1) is 22.3 Å². The number of hydrogen-bond acceptors (Lipinski definition) is 18. The van der Waals surface area contributed by atoms with Crippen LogP contribution < -0.4 is 0 Å². The second-order valence-corrected chi connectivity index (χ2v) is 16.5. The average Bonchev–Trinajstić information content (AvgIpc) is 3.56. The summed E-state index contributed by atoms with van der Waals surface area (Å²) < 4.78 is 54.7. The van der Waals surface area contributed by atoms with E-state index in [2.05, 4.69) is 0 Å². The lowest BCUT2D eigenvalue weighted by molar-refractivity contribution is -0.324. The van der Waals surface area contributed by atoms with Crippen molar-refractivity contribution in [3.63, 3.8) is 0 Å². The Morgan fingerprint density at radius 1 is 0.507 bits per heavy atom. The van der Waals surface area contributed by atoms with Crippen molar-refractivity contribution >= 4 is 59.4 Å². The van der Waals surface area contributed by atoms with Crippen molar-refractivity contribution < 1.29 is 81.0 Å². The standard InChI is InChI=1S/C48H45NO17S/c1-26(50)58-24-35-38(60-27(2)51)40(62-29(4)53)37(49-43(54)33-22-14-15-23-34(33)44(49)55)47(63-35)66-41-39(61-28(3)52)36(25-59-45(56)30-16-8-5-9-17-30)64-48(67-32-20-12-7-13-21-32)42(41)65-46(57)31-18-10-6-11-19-31/h5-23,35-42,47-48H,24-25H2,1-4H3/t35-,36-,37-,38-,39+,40-,41+,42-,47+,48+/m1/s1. The van der Waals surface area contributed by atoms with Crippen molar-refractivity contribution in [2.45, 2.75) is 93.1 Å². The summed E-state index contributed by atoms with van der Waals surface area (Å²) in [6.07, 6.45) is -13.2. The Morgan fingerprint density at radius 2 is 0.970 bits per heavy atom. The molecule has 67 heavy (non-hydrogen) atoms. The number of thioether (sulfide) groups is 1. The third-order valence-corrected chi connectivity index (χ3v) is 11.8. The lowest BCUT2D eigenvalue weighted by Crippen LogP contribution is -2.70. The van der Waals surface area contributed by atoms with E-state index in [9.17, 15) is 38.4 Å². The van der Waals surface area contributed by atoms with E-state index >= 15 is 0 Å². The zero-order valence-corrected chi connectivity index (χ0v) is 37.3. The van der Waals surface area contributed by atoms with Crippen molar-refractivity contribution in [2.75, 3.05) is 13.2 Å². The first-order valence-corrected chi connectivity index (χ1v) is 21.9. The molecule has 0 unspecified atom stereocenters. The van der Waals surface area contributed by atoms with Gasteiger partial charge in [-0.1, -0.05) is 78.5 Å². The highest BCUT2D eigenvalue weighted by atomic mass is 32.2. The van der Waals surface area contributed by atoms with Crippen LogP contribution in [-0.2, 0) is 61.8 Å². The monoisotopic (exact) mass is 939 g/mol. The maximum atomic E-state index is 14.4. The summed E-state index contributed by atoms with van der Waals surface area (Å²) in [6, 6.07) is 28.8. The van der Waals surface area contributed by atoms with Crippen LogP contribution in [0.1, 0.15) is 69.1 Å². The van der Waals surface area contributed by atoms with Crippen LogP contribution in [0.4, 0.5) is 0 Å². The van der Waals surface area contributed by atoms with Crippen LogP contribution in [0.5, 0.6) is 0 Å². The van der Waals surface area contributed by atoms with Gasteiger partial charge in [0.1, 0.15) is 43.0 Å². The van der Waals surface area contributed by atoms with Crippen LogP contribution in [-0.4, -0.2) is 126 Å². The van der Waals surface area contributed by atoms with Gasteiger partial charge in [-0.3, -0.25) is 33.7 Å². The molecular weight excluding hydrogens is 895 g/mol. The van der Waals surface area contributed by atoms with Crippen molar-refractivity contribution in [1.29, 1.82) is 0 Å². The Labute approximate surface area is 388 Å². The van der Waals surface area contributed by atoms with Gasteiger partial charge in [0.15, 0.2) is 30.7 Å². The van der Waals surface area contributed by atoms with Crippen LogP contribution in [0, 0.1) is 0 Å². The summed E-state index contributed by atoms with van der Waals surface area (Å²) in [5.41, 5.74) is -1.03. The highest BCUT2D eigenvalue weighted by molar-refractivity contribution is 7.99. The predicted molar refractivity (Wildman–Crippen MR) is 231 cm³/mol. The number of carbonyl (C=O) groups is 8. The molecule has 0 aliphatic carbocycles. The van der Waals surface area contributed by atoms with Crippen molar-refractivity contribution in [3.05, 3.63) is 138 Å². The average molecular weight is 940 g/mol. The molecule has 0 radical (unpaired) electrons. The molecule has 7 rings (SSSR count). The largest absolute Gasteiger partial charge is 0.463 e. The van der Waals surface area contributed by atoms with E-state index in [0.29, 0.717) is 4.90 Å². The zero-order valence-electron chi connectivity index (χ0n) is 36.5. The SMILES string of the molecule is CC(=O)OC[C@H]1O[C@@H](O[C@H]2[C@@H](OC(C)=O)[C@@H](COC(=O)c3ccccc3)O[C@@H](Sc3ccccc3)[C@@H]2OC(=O)c2ccccc2)[C@H](N2C(=O)c3ccccc3C2=O)[C@@H](OC(C)=O)[C@@H]1OC(C)=O. The zero-order chi connectivity index (χ0) is 47.8. The number of imide groups is 1. The quantitative estimate of drug-likeness (QED) is 0.0893. The van der Waals surface area contributed by atoms with E-state index < -0.39 is 121 Å². The maximum Gasteiger partial charge on any atom is 0.338 e. The smallest absolute Gasteiger partial charge is 0.338 e. The number of amides is 2. The van der Waals surface area contributed by atoms with Gasteiger partial charge in [0.25, 0.3) is 11.8 Å². The minimum atomic E-state index is -1.96. The molecule has 2 amide bonds. The van der Waals surface area contributed by atoms with E-state index in [1.807, 2.05) is 0 Å². The van der Waals surface area contributed by atoms with Crippen LogP contribution in [0.15, 0.2) is 120 Å². The molecule has 0 bridgehead atoms. The molecule has 2 saturated heterocycles. The number of ether oxygens (including phenoxy) is 9. The van der Waals surface area contributed by atoms with E-state index in [1.165, 1.54) is 48.5 Å². The summed E-state index contributed by atoms with van der Waals surface area (Å²) in [6.45, 7) is 3.09. The minimum Gasteiger partial charge on any atom is -0.463 e. The van der Waals surface area contributed by atoms with Gasteiger partial charge < -0.3 is 42.6 Å². The predicted octanol–water partition coefficient (Wildman–Crippen LogP) is 4.72. The Hall–Kier alpha value is -6.93. The second-order valence-electron chi connectivity index (χ2n) is 15.4. The third-order valence-electron chi connectivity index (χ3n) is 10.6. The summed E-state index contributed by atoms with van der Waals surface area (Å²) in [4.78, 5) is 109. The summed E-state index contributed by atoms with van der Waals surface area (Å²) in [7, 11) is 0. The topological polar surface area (TPSA) is 223 Å². The molecular formula is C48H45NO17S. The summed E-state index contributed by atoms with van der Waals surface area (Å²) in [5.74, 6) is -6.91. The number of nitrogens with zero attached hydrogens (tertiary/aromatic N) is 1. The molecule has 0 aromatic heterocycles. The van der Waals surface area contributed by atoms with E-state index in [1.54, 1.807) is 66.7 Å². The van der Waals surface area contributed by atoms with Crippen LogP contribution in [0.3, 0.4) is 0 Å². The first-order valence-electron chi connectivity index (χ1n) is 21.0. The molecule has 4 aromatic carbocycles. The van der Waals surface area contributed by atoms with Crippen molar-refractivity contribution in [3.8, 4) is 0 Å². The summed E-state index contributed by atoms with van der Waals surface area (Å²) in [5, 5.41) is 0. The molecule has 0 spiro atoms. The lowest BCUT2D eigenvalue weighted by atomic mass is 9.93. The van der Waals surface area contributed by atoms with Gasteiger partial charge in [0.2, 0.25) is 0 Å². The highest BCUT2D eigenvalue weighted by Crippen LogP contribution is 2.42. The number of esters is 6. The van der Waals surface area contributed by atoms with Gasteiger partial charge in [-0.25, -0.2) is 9.59 Å². The van der Waals surface area contributed by atoms with Crippen LogP contribution >= 0.6 is 11.8 Å². The van der Waals surface area contributed by atoms with Crippen LogP contribution in [0.2, 0.25) is 0 Å². The second kappa shape index (κ2) is 21.6. The number of rotatable bonds is 15. The molecule has 10 atom stereocenters. The normalized spacial score (nSPS) is 25.5. The number of hydrogen-bond donors (Lipinski definition) is 0. The van der Waals surface area contributed by atoms with Gasteiger partial charge in [-0.2, -0.15) is 0 Å². The number of benzene rings is 4. The molecule has 0 N–H and O–H groups in total. The molecule has 3 heterocycles. The molecule has 3 aliphatic heterocycles. The van der Waals surface area contributed by atoms with Gasteiger partial charge in [-0.05, 0) is 48.5 Å². The summed E-state index contributed by atoms with van der Waals surface area (Å²) >= 11 is 1.07. The Bertz CT molecular complexity index is 2440. The van der Waals surface area contributed by atoms with Gasteiger partial charge in [0, 0.05) is 32.6 Å². The number of fused-ring (bicyclic) bond motifs is 1. The Kier molecular flexibility index (Phi) is 15.5. The van der Waals surface area contributed by atoms with E-state index in [0.717, 1.165) is 44.4 Å². The highest BCUT2D eigenvalue weighted by Gasteiger charge is 2.60. The third kappa shape index (κ3) is 11.4. The Balaban J connectivity index is 1.39. The molecule has 18 nitrogen and oxygen atoms in total. The fraction of sp³-hybridized carbons (Fsp3) is 0.333. The maximum absolute atomic E-state index is 14.4. The molecule has 0 saturated carbocycles. The van der Waals surface area contributed by atoms with E-state index in [-0.39, 0.29) is 22.3 Å². The number of carbonyl (C=O) groups excluding carboxylic acids is 8.